The Kier molecular flexibility index (Phi) is 6.67. The van der Waals surface area contributed by atoms with Crippen molar-refractivity contribution in [3.63, 3.8) is 0 Å². The molecule has 0 saturated carbocycles. The van der Waals surface area contributed by atoms with E-state index in [2.05, 4.69) is 165 Å². The van der Waals surface area contributed by atoms with Crippen molar-refractivity contribution in [1.29, 1.82) is 0 Å². The van der Waals surface area contributed by atoms with Crippen molar-refractivity contribution in [3.05, 3.63) is 125 Å². The summed E-state index contributed by atoms with van der Waals surface area (Å²) in [6, 6.07) is 38.7. The second kappa shape index (κ2) is 10.8. The summed E-state index contributed by atoms with van der Waals surface area (Å²) in [7, 11) is 0. The van der Waals surface area contributed by atoms with Crippen molar-refractivity contribution in [2.75, 3.05) is 0 Å². The molecule has 0 amide bonds. The molecule has 0 spiro atoms. The molecule has 0 bridgehead atoms. The smallest absolute Gasteiger partial charge is 0.132 e. The van der Waals surface area contributed by atoms with Crippen LogP contribution in [-0.4, -0.2) is 5.11 Å². The van der Waals surface area contributed by atoms with Crippen LogP contribution in [0, 0.1) is 0 Å². The van der Waals surface area contributed by atoms with Crippen LogP contribution in [0.4, 0.5) is 0 Å². The van der Waals surface area contributed by atoms with E-state index in [4.69, 9.17) is 11.6 Å². The molecule has 0 heterocycles. The molecule has 2 heteroatoms. The van der Waals surface area contributed by atoms with Crippen LogP contribution < -0.4 is 0 Å². The van der Waals surface area contributed by atoms with Crippen LogP contribution in [0.25, 0.3) is 98.7 Å². The molecule has 0 saturated heterocycles. The highest BCUT2D eigenvalue weighted by molar-refractivity contribution is 6.43. The lowest BCUT2D eigenvalue weighted by Crippen LogP contribution is -2.11. The highest BCUT2D eigenvalue weighted by atomic mass is 35.5. The van der Waals surface area contributed by atoms with Gasteiger partial charge in [0.05, 0.1) is 5.02 Å². The number of phenols is 1. The van der Waals surface area contributed by atoms with Gasteiger partial charge in [-0.3, -0.25) is 0 Å². The average molecular weight is 721 g/mol. The molecule has 0 aromatic heterocycles. The first-order valence-corrected chi connectivity index (χ1v) is 19.6. The molecule has 0 atom stereocenters. The van der Waals surface area contributed by atoms with Crippen LogP contribution in [0.1, 0.15) is 79.0 Å². The van der Waals surface area contributed by atoms with E-state index in [1.807, 2.05) is 0 Å². The quantitative estimate of drug-likeness (QED) is 0.167. The predicted octanol–water partition coefficient (Wildman–Crippen LogP) is 15.5. The number of benzene rings is 8. The fourth-order valence-corrected chi connectivity index (χ4v) is 9.66. The number of aromatic hydroxyl groups is 1. The number of fused-ring (bicyclic) bond motifs is 9. The second-order valence-electron chi connectivity index (χ2n) is 18.9. The van der Waals surface area contributed by atoms with Gasteiger partial charge in [-0.15, -0.1) is 0 Å². The fraction of sp³-hybridized carbons (Fsp3) is 0.231. The summed E-state index contributed by atoms with van der Waals surface area (Å²) in [5.41, 5.74) is 15.5. The normalized spacial score (nSPS) is 13.4. The minimum Gasteiger partial charge on any atom is -0.507 e. The summed E-state index contributed by atoms with van der Waals surface area (Å²) in [5, 5.41) is 21.8. The highest BCUT2D eigenvalue weighted by Crippen LogP contribution is 2.62. The number of hydrogen-bond acceptors (Lipinski definition) is 1. The maximum absolute atomic E-state index is 12.2. The molecule has 0 radical (unpaired) electrons. The Balaban J connectivity index is 1.27. The number of hydrogen-bond donors (Lipinski definition) is 1. The predicted molar refractivity (Wildman–Crippen MR) is 234 cm³/mol. The largest absolute Gasteiger partial charge is 0.507 e. The standard InChI is InChI=1S/C52H45ClO/c1-50(2,3)31-12-10-11-28(21-31)42-34-16-15-33(52(7,8)9)23-30(34)26-39-35-17-18-38-44-37(20-19-36(43(35)44)45(39)42)46-47(38)49(54)41-24-27-13-14-32(51(4,5)6)22-29(27)25-40(41)48(46)53/h10-26,54H,1-9H3. The van der Waals surface area contributed by atoms with Crippen molar-refractivity contribution in [2.24, 2.45) is 0 Å². The van der Waals surface area contributed by atoms with Crippen LogP contribution in [-0.2, 0) is 16.2 Å². The number of rotatable bonds is 1. The van der Waals surface area contributed by atoms with Gasteiger partial charge in [0.2, 0.25) is 0 Å². The molecule has 266 valence electrons. The van der Waals surface area contributed by atoms with Gasteiger partial charge in [-0.25, -0.2) is 0 Å². The van der Waals surface area contributed by atoms with Crippen molar-refractivity contribution < 1.29 is 5.11 Å². The zero-order valence-electron chi connectivity index (χ0n) is 32.6. The van der Waals surface area contributed by atoms with Gasteiger partial charge in [-0.05, 0) is 128 Å². The van der Waals surface area contributed by atoms with Crippen molar-refractivity contribution in [1.82, 2.24) is 0 Å². The molecule has 54 heavy (non-hydrogen) atoms. The van der Waals surface area contributed by atoms with E-state index in [0.717, 1.165) is 43.8 Å². The molecule has 1 N–H and O–H groups in total. The molecule has 0 fully saturated rings. The third-order valence-electron chi connectivity index (χ3n) is 12.3. The van der Waals surface area contributed by atoms with E-state index < -0.39 is 0 Å². The molecule has 0 unspecified atom stereocenters. The van der Waals surface area contributed by atoms with Gasteiger partial charge in [0.15, 0.2) is 0 Å². The van der Waals surface area contributed by atoms with E-state index in [-0.39, 0.29) is 16.2 Å². The number of phenolic OH excluding ortho intramolecular Hbond substituents is 1. The molecular formula is C52H45ClO. The highest BCUT2D eigenvalue weighted by Gasteiger charge is 2.35. The Morgan fingerprint density at radius 1 is 0.407 bits per heavy atom. The average Bonchev–Trinajstić information content (AvgIpc) is 3.63. The Morgan fingerprint density at radius 2 is 0.963 bits per heavy atom. The molecule has 8 aromatic rings. The first kappa shape index (κ1) is 33.5. The molecule has 2 aliphatic rings. The zero-order chi connectivity index (χ0) is 37.8. The zero-order valence-corrected chi connectivity index (χ0v) is 33.4. The van der Waals surface area contributed by atoms with Crippen molar-refractivity contribution in [2.45, 2.75) is 78.6 Å². The molecule has 10 rings (SSSR count). The van der Waals surface area contributed by atoms with Crippen molar-refractivity contribution in [3.8, 4) is 61.4 Å². The van der Waals surface area contributed by atoms with Gasteiger partial charge in [0.1, 0.15) is 5.75 Å². The van der Waals surface area contributed by atoms with E-state index in [1.165, 1.54) is 71.6 Å². The van der Waals surface area contributed by atoms with Gasteiger partial charge in [-0.2, -0.15) is 0 Å². The van der Waals surface area contributed by atoms with Gasteiger partial charge >= 0.3 is 0 Å². The van der Waals surface area contributed by atoms with Crippen molar-refractivity contribution >= 4 is 54.7 Å². The third kappa shape index (κ3) is 4.58. The summed E-state index contributed by atoms with van der Waals surface area (Å²) in [6.07, 6.45) is 0. The monoisotopic (exact) mass is 720 g/mol. The maximum Gasteiger partial charge on any atom is 0.132 e. The van der Waals surface area contributed by atoms with Crippen LogP contribution >= 0.6 is 11.6 Å². The Bertz CT molecular complexity index is 2990. The SMILES string of the molecule is CC(C)(C)c1cccc(-c2c3c(cc4cc(C(C)(C)C)ccc24)-c2ccc4c5c(ccc-3c25)-c2c-4c(O)c3cc4ccc(C(C)(C)C)cc4cc3c2Cl)c1. The van der Waals surface area contributed by atoms with E-state index in [1.54, 1.807) is 0 Å². The Hall–Kier alpha value is -5.11. The molecular weight excluding hydrogens is 676 g/mol. The fourth-order valence-electron chi connectivity index (χ4n) is 9.31. The van der Waals surface area contributed by atoms with Gasteiger partial charge < -0.3 is 5.11 Å². The lowest BCUT2D eigenvalue weighted by molar-refractivity contribution is 0.484. The van der Waals surface area contributed by atoms with Gasteiger partial charge in [0.25, 0.3) is 0 Å². The summed E-state index contributed by atoms with van der Waals surface area (Å²) < 4.78 is 0. The van der Waals surface area contributed by atoms with E-state index in [9.17, 15) is 5.11 Å². The maximum atomic E-state index is 12.2. The minimum atomic E-state index is 0.0199. The summed E-state index contributed by atoms with van der Waals surface area (Å²) >= 11 is 7.52. The second-order valence-corrected chi connectivity index (χ2v) is 19.3. The van der Waals surface area contributed by atoms with Crippen LogP contribution in [0.2, 0.25) is 5.02 Å². The Morgan fingerprint density at radius 3 is 1.65 bits per heavy atom. The lowest BCUT2D eigenvalue weighted by atomic mass is 9.81. The molecule has 2 aliphatic carbocycles. The third-order valence-corrected chi connectivity index (χ3v) is 12.7. The van der Waals surface area contributed by atoms with Gasteiger partial charge in [0, 0.05) is 21.9 Å². The summed E-state index contributed by atoms with van der Waals surface area (Å²) in [6.45, 7) is 20.5. The van der Waals surface area contributed by atoms with Gasteiger partial charge in [-0.1, -0.05) is 159 Å². The molecule has 8 aromatic carbocycles. The minimum absolute atomic E-state index is 0.0199. The lowest BCUT2D eigenvalue weighted by Gasteiger charge is -2.23. The topological polar surface area (TPSA) is 20.2 Å². The van der Waals surface area contributed by atoms with Crippen LogP contribution in [0.5, 0.6) is 5.75 Å². The number of halogens is 1. The Labute approximate surface area is 323 Å². The first-order valence-electron chi connectivity index (χ1n) is 19.3. The summed E-state index contributed by atoms with van der Waals surface area (Å²) in [5.74, 6) is 0.301. The summed E-state index contributed by atoms with van der Waals surface area (Å²) in [4.78, 5) is 0. The van der Waals surface area contributed by atoms with E-state index >= 15 is 0 Å². The molecule has 1 nitrogen and oxygen atoms in total. The van der Waals surface area contributed by atoms with E-state index in [0.29, 0.717) is 10.8 Å². The first-order chi connectivity index (χ1) is 25.5. The molecule has 0 aliphatic heterocycles. The van der Waals surface area contributed by atoms with Crippen LogP contribution in [0.15, 0.2) is 103 Å². The van der Waals surface area contributed by atoms with Crippen LogP contribution in [0.3, 0.4) is 0 Å².